The molecule has 2 aromatic rings. The lowest BCUT2D eigenvalue weighted by atomic mass is 9.97. The van der Waals surface area contributed by atoms with E-state index in [-0.39, 0.29) is 0 Å². The summed E-state index contributed by atoms with van der Waals surface area (Å²) >= 11 is 0. The van der Waals surface area contributed by atoms with Gasteiger partial charge in [0.15, 0.2) is 0 Å². The smallest absolute Gasteiger partial charge is 0.142 e. The van der Waals surface area contributed by atoms with Gasteiger partial charge < -0.3 is 14.4 Å². The number of hydrogen-bond donors (Lipinski definition) is 0. The van der Waals surface area contributed by atoms with E-state index in [9.17, 15) is 0 Å². The van der Waals surface area contributed by atoms with Gasteiger partial charge in [-0.2, -0.15) is 5.26 Å². The number of nitrogens with zero attached hydrogens (tertiary/aromatic N) is 6. The predicted octanol–water partition coefficient (Wildman–Crippen LogP) is 2.49. The van der Waals surface area contributed by atoms with Crippen molar-refractivity contribution < 1.29 is 0 Å². The second-order valence-corrected chi connectivity index (χ2v) is 6.91. The van der Waals surface area contributed by atoms with E-state index in [0.29, 0.717) is 11.6 Å². The van der Waals surface area contributed by atoms with Gasteiger partial charge in [-0.05, 0) is 52.0 Å². The summed E-state index contributed by atoms with van der Waals surface area (Å²) in [5.74, 6) is 2.49. The fourth-order valence-corrected chi connectivity index (χ4v) is 3.48. The van der Waals surface area contributed by atoms with Crippen LogP contribution in [-0.2, 0) is 6.54 Å². The van der Waals surface area contributed by atoms with Gasteiger partial charge in [0.2, 0.25) is 0 Å². The summed E-state index contributed by atoms with van der Waals surface area (Å²) in [4.78, 5) is 13.6. The third kappa shape index (κ3) is 4.37. The molecule has 2 aromatic heterocycles. The predicted molar refractivity (Wildman–Crippen MR) is 98.5 cm³/mol. The van der Waals surface area contributed by atoms with Crippen molar-refractivity contribution in [3.05, 3.63) is 42.1 Å². The van der Waals surface area contributed by atoms with Gasteiger partial charge in [-0.3, -0.25) is 0 Å². The van der Waals surface area contributed by atoms with Crippen molar-refractivity contribution >= 4 is 5.82 Å². The zero-order valence-electron chi connectivity index (χ0n) is 15.1. The van der Waals surface area contributed by atoms with Gasteiger partial charge in [-0.15, -0.1) is 0 Å². The van der Waals surface area contributed by atoms with Gasteiger partial charge in [0, 0.05) is 37.9 Å². The zero-order chi connectivity index (χ0) is 17.6. The Morgan fingerprint density at radius 3 is 3.04 bits per heavy atom. The number of hydrogen-bond acceptors (Lipinski definition) is 5. The van der Waals surface area contributed by atoms with E-state index in [0.717, 1.165) is 51.3 Å². The monoisotopic (exact) mass is 338 g/mol. The van der Waals surface area contributed by atoms with Gasteiger partial charge in [0.25, 0.3) is 0 Å². The molecule has 1 aliphatic rings. The van der Waals surface area contributed by atoms with E-state index < -0.39 is 0 Å². The number of pyridine rings is 1. The number of aromatic nitrogens is 3. The molecule has 1 aliphatic heterocycles. The van der Waals surface area contributed by atoms with Crippen molar-refractivity contribution in [1.29, 1.82) is 5.26 Å². The summed E-state index contributed by atoms with van der Waals surface area (Å²) in [6.07, 6.45) is 7.41. The minimum atomic E-state index is 0.413. The Morgan fingerprint density at radius 1 is 1.36 bits per heavy atom. The van der Waals surface area contributed by atoms with E-state index in [1.165, 1.54) is 5.82 Å². The molecule has 0 spiro atoms. The third-order valence-corrected chi connectivity index (χ3v) is 4.71. The zero-order valence-corrected chi connectivity index (χ0v) is 15.1. The number of rotatable bonds is 6. The van der Waals surface area contributed by atoms with Crippen LogP contribution in [-0.4, -0.2) is 53.2 Å². The van der Waals surface area contributed by atoms with E-state index in [2.05, 4.69) is 50.7 Å². The second kappa shape index (κ2) is 8.13. The SMILES string of the molecule is CN(C)CCCn1ccnc1C1CCCN(c2cccc(C#N)n2)C1. The van der Waals surface area contributed by atoms with E-state index in [4.69, 9.17) is 5.26 Å². The minimum Gasteiger partial charge on any atom is -0.356 e. The molecule has 1 saturated heterocycles. The number of piperidine rings is 1. The van der Waals surface area contributed by atoms with E-state index >= 15 is 0 Å². The maximum absolute atomic E-state index is 9.07. The Hall–Kier alpha value is -2.39. The molecule has 0 radical (unpaired) electrons. The quantitative estimate of drug-likeness (QED) is 0.810. The molecule has 0 aliphatic carbocycles. The van der Waals surface area contributed by atoms with Crippen molar-refractivity contribution in [2.24, 2.45) is 0 Å². The lowest BCUT2D eigenvalue weighted by Crippen LogP contribution is -2.36. The molecule has 3 heterocycles. The first-order valence-corrected chi connectivity index (χ1v) is 8.95. The van der Waals surface area contributed by atoms with Crippen LogP contribution in [0.2, 0.25) is 0 Å². The normalized spacial score (nSPS) is 17.7. The van der Waals surface area contributed by atoms with Crippen LogP contribution in [0.5, 0.6) is 0 Å². The first-order chi connectivity index (χ1) is 12.2. The van der Waals surface area contributed by atoms with Crippen molar-refractivity contribution in [1.82, 2.24) is 19.4 Å². The minimum absolute atomic E-state index is 0.413. The Labute approximate surface area is 149 Å². The standard InChI is InChI=1S/C19H26N6/c1-23(2)10-5-12-24-13-9-21-19(24)16-6-4-11-25(15-16)18-8-3-7-17(14-20)22-18/h3,7-9,13,16H,4-6,10-12,15H2,1-2H3. The van der Waals surface area contributed by atoms with Crippen LogP contribution in [0.25, 0.3) is 0 Å². The molecule has 0 saturated carbocycles. The molecule has 6 heteroatoms. The van der Waals surface area contributed by atoms with Crippen molar-refractivity contribution in [2.45, 2.75) is 31.7 Å². The molecule has 0 aromatic carbocycles. The number of nitriles is 1. The second-order valence-electron chi connectivity index (χ2n) is 6.91. The highest BCUT2D eigenvalue weighted by atomic mass is 15.2. The molecule has 132 valence electrons. The van der Waals surface area contributed by atoms with Crippen molar-refractivity contribution in [2.75, 3.05) is 38.6 Å². The summed E-state index contributed by atoms with van der Waals surface area (Å²) in [6.45, 7) is 3.98. The summed E-state index contributed by atoms with van der Waals surface area (Å²) in [5, 5.41) is 9.07. The van der Waals surface area contributed by atoms with Gasteiger partial charge in [0.05, 0.1) is 0 Å². The number of anilines is 1. The molecule has 25 heavy (non-hydrogen) atoms. The van der Waals surface area contributed by atoms with Gasteiger partial charge in [0.1, 0.15) is 23.4 Å². The fraction of sp³-hybridized carbons (Fsp3) is 0.526. The maximum Gasteiger partial charge on any atom is 0.142 e. The van der Waals surface area contributed by atoms with Crippen LogP contribution in [0, 0.1) is 11.3 Å². The number of aryl methyl sites for hydroxylation is 1. The van der Waals surface area contributed by atoms with Crippen LogP contribution in [0.4, 0.5) is 5.82 Å². The molecule has 0 bridgehead atoms. The highest BCUT2D eigenvalue weighted by Crippen LogP contribution is 2.28. The third-order valence-electron chi connectivity index (χ3n) is 4.71. The Balaban J connectivity index is 1.69. The highest BCUT2D eigenvalue weighted by Gasteiger charge is 2.25. The average molecular weight is 338 g/mol. The van der Waals surface area contributed by atoms with Crippen molar-refractivity contribution in [3.63, 3.8) is 0 Å². The molecule has 1 unspecified atom stereocenters. The molecule has 1 fully saturated rings. The average Bonchev–Trinajstić information content (AvgIpc) is 3.10. The van der Waals surface area contributed by atoms with Gasteiger partial charge in [-0.1, -0.05) is 6.07 Å². The summed E-state index contributed by atoms with van der Waals surface area (Å²) < 4.78 is 2.30. The van der Waals surface area contributed by atoms with Gasteiger partial charge in [-0.25, -0.2) is 9.97 Å². The maximum atomic E-state index is 9.07. The lowest BCUT2D eigenvalue weighted by molar-refractivity contribution is 0.380. The summed E-state index contributed by atoms with van der Waals surface area (Å²) in [6, 6.07) is 7.78. The van der Waals surface area contributed by atoms with Crippen LogP contribution in [0.3, 0.4) is 0 Å². The molecule has 1 atom stereocenters. The topological polar surface area (TPSA) is 61.0 Å². The Kier molecular flexibility index (Phi) is 5.67. The molecule has 0 N–H and O–H groups in total. The molecular weight excluding hydrogens is 312 g/mol. The van der Waals surface area contributed by atoms with Crippen LogP contribution in [0.1, 0.15) is 36.7 Å². The first kappa shape index (κ1) is 17.4. The van der Waals surface area contributed by atoms with Crippen LogP contribution < -0.4 is 4.90 Å². The highest BCUT2D eigenvalue weighted by molar-refractivity contribution is 5.42. The van der Waals surface area contributed by atoms with Gasteiger partial charge >= 0.3 is 0 Å². The summed E-state index contributed by atoms with van der Waals surface area (Å²) in [5.41, 5.74) is 0.477. The summed E-state index contributed by atoms with van der Waals surface area (Å²) in [7, 11) is 4.21. The molecule has 3 rings (SSSR count). The largest absolute Gasteiger partial charge is 0.356 e. The number of imidazole rings is 1. The molecule has 0 amide bonds. The fourth-order valence-electron chi connectivity index (χ4n) is 3.48. The van der Waals surface area contributed by atoms with Crippen molar-refractivity contribution in [3.8, 4) is 6.07 Å². The van der Waals surface area contributed by atoms with E-state index in [1.54, 1.807) is 6.07 Å². The molecule has 6 nitrogen and oxygen atoms in total. The first-order valence-electron chi connectivity index (χ1n) is 8.95. The molecular formula is C19H26N6. The lowest BCUT2D eigenvalue weighted by Gasteiger charge is -2.33. The Bertz CT molecular complexity index is 730. The van der Waals surface area contributed by atoms with E-state index in [1.807, 2.05) is 18.3 Å². The Morgan fingerprint density at radius 2 is 2.24 bits per heavy atom. The van der Waals surface area contributed by atoms with Crippen LogP contribution in [0.15, 0.2) is 30.6 Å². The van der Waals surface area contributed by atoms with Crippen LogP contribution >= 0.6 is 0 Å².